The van der Waals surface area contributed by atoms with Crippen molar-refractivity contribution >= 4 is 6.09 Å². The van der Waals surface area contributed by atoms with Crippen molar-refractivity contribution in [3.63, 3.8) is 0 Å². The third-order valence-electron chi connectivity index (χ3n) is 4.17. The summed E-state index contributed by atoms with van der Waals surface area (Å²) in [5.41, 5.74) is -1.18. The first-order valence-electron chi connectivity index (χ1n) is 7.98. The minimum absolute atomic E-state index is 0.134. The second-order valence-electron chi connectivity index (χ2n) is 7.25. The van der Waals surface area contributed by atoms with Crippen LogP contribution in [0.25, 0.3) is 0 Å². The maximum atomic E-state index is 13.9. The van der Waals surface area contributed by atoms with Crippen LogP contribution in [0.3, 0.4) is 0 Å². The first-order valence-corrected chi connectivity index (χ1v) is 7.98. The highest BCUT2D eigenvalue weighted by Gasteiger charge is 2.38. The molecule has 130 valence electrons. The molecule has 0 saturated carbocycles. The van der Waals surface area contributed by atoms with E-state index in [0.717, 1.165) is 6.07 Å². The van der Waals surface area contributed by atoms with E-state index in [1.54, 1.807) is 25.7 Å². The lowest BCUT2D eigenvalue weighted by Gasteiger charge is -2.38. The van der Waals surface area contributed by atoms with E-state index in [1.807, 2.05) is 0 Å². The van der Waals surface area contributed by atoms with Gasteiger partial charge in [-0.05, 0) is 51.7 Å². The third kappa shape index (κ3) is 4.22. The van der Waals surface area contributed by atoms with E-state index in [1.165, 1.54) is 12.1 Å². The number of carbonyl (C=O) groups excluding carboxylic acids is 1. The molecule has 0 radical (unpaired) electrons. The lowest BCUT2D eigenvalue weighted by atomic mass is 9.75. The van der Waals surface area contributed by atoms with Gasteiger partial charge in [0, 0.05) is 13.1 Å². The number of carbonyl (C=O) groups is 1. The first kappa shape index (κ1) is 18.2. The van der Waals surface area contributed by atoms with E-state index in [9.17, 15) is 18.8 Å². The zero-order chi connectivity index (χ0) is 18.0. The number of likely N-dealkylation sites (tertiary alicyclic amines) is 1. The largest absolute Gasteiger partial charge is 0.444 e. The van der Waals surface area contributed by atoms with E-state index in [2.05, 4.69) is 6.07 Å². The van der Waals surface area contributed by atoms with Crippen molar-refractivity contribution in [1.82, 2.24) is 4.90 Å². The number of hydrogen-bond acceptors (Lipinski definition) is 3. The molecule has 0 aromatic heterocycles. The molecular formula is C18H22F2N2O2. The van der Waals surface area contributed by atoms with Crippen LogP contribution < -0.4 is 0 Å². The fourth-order valence-electron chi connectivity index (χ4n) is 2.82. The number of ether oxygens (including phenoxy) is 1. The Morgan fingerprint density at radius 2 is 1.96 bits per heavy atom. The summed E-state index contributed by atoms with van der Waals surface area (Å²) in [7, 11) is 0. The van der Waals surface area contributed by atoms with Gasteiger partial charge in [-0.2, -0.15) is 5.26 Å². The minimum atomic E-state index is -0.910. The molecule has 4 nitrogen and oxygen atoms in total. The summed E-state index contributed by atoms with van der Waals surface area (Å²) in [6.07, 6.45) is 0.526. The Balaban J connectivity index is 2.05. The Bertz CT molecular complexity index is 654. The van der Waals surface area contributed by atoms with Crippen molar-refractivity contribution < 1.29 is 18.3 Å². The van der Waals surface area contributed by atoms with E-state index in [-0.39, 0.29) is 12.0 Å². The molecule has 1 amide bonds. The van der Waals surface area contributed by atoms with Crippen molar-refractivity contribution in [2.24, 2.45) is 5.41 Å². The Morgan fingerprint density at radius 1 is 1.33 bits per heavy atom. The zero-order valence-corrected chi connectivity index (χ0v) is 14.2. The predicted molar refractivity (Wildman–Crippen MR) is 85.1 cm³/mol. The zero-order valence-electron chi connectivity index (χ0n) is 14.2. The van der Waals surface area contributed by atoms with E-state index in [4.69, 9.17) is 4.74 Å². The van der Waals surface area contributed by atoms with Crippen LogP contribution in [0.5, 0.6) is 0 Å². The summed E-state index contributed by atoms with van der Waals surface area (Å²) in [6.45, 7) is 6.10. The number of nitriles is 1. The molecule has 0 atom stereocenters. The van der Waals surface area contributed by atoms with Crippen LogP contribution in [-0.4, -0.2) is 29.7 Å². The molecule has 1 fully saturated rings. The van der Waals surface area contributed by atoms with Gasteiger partial charge in [0.1, 0.15) is 5.60 Å². The van der Waals surface area contributed by atoms with E-state index >= 15 is 0 Å². The summed E-state index contributed by atoms with van der Waals surface area (Å²) in [5, 5.41) is 9.57. The minimum Gasteiger partial charge on any atom is -0.444 e. The maximum Gasteiger partial charge on any atom is 0.410 e. The molecule has 0 N–H and O–H groups in total. The summed E-state index contributed by atoms with van der Waals surface area (Å²) in [5.74, 6) is -1.81. The quantitative estimate of drug-likeness (QED) is 0.819. The van der Waals surface area contributed by atoms with Crippen LogP contribution in [-0.2, 0) is 11.2 Å². The molecule has 0 unspecified atom stereocenters. The fourth-order valence-corrected chi connectivity index (χ4v) is 2.82. The van der Waals surface area contributed by atoms with Crippen LogP contribution in [0.1, 0.15) is 39.2 Å². The number of halogens is 2. The van der Waals surface area contributed by atoms with E-state index in [0.29, 0.717) is 25.9 Å². The van der Waals surface area contributed by atoms with Crippen molar-refractivity contribution in [2.75, 3.05) is 13.1 Å². The lowest BCUT2D eigenvalue weighted by Crippen LogP contribution is -2.45. The van der Waals surface area contributed by atoms with Crippen LogP contribution >= 0.6 is 0 Å². The molecule has 2 rings (SSSR count). The number of amides is 1. The molecule has 0 bridgehead atoms. The molecule has 0 spiro atoms. The molecule has 6 heteroatoms. The molecule has 1 heterocycles. The number of hydrogen-bond donors (Lipinski definition) is 0. The Hall–Kier alpha value is -2.16. The van der Waals surface area contributed by atoms with E-state index < -0.39 is 28.7 Å². The summed E-state index contributed by atoms with van der Waals surface area (Å²) >= 11 is 0. The Labute approximate surface area is 141 Å². The van der Waals surface area contributed by atoms with Gasteiger partial charge in [-0.25, -0.2) is 13.6 Å². The summed E-state index contributed by atoms with van der Waals surface area (Å²) in [4.78, 5) is 13.6. The standard InChI is InChI=1S/C18H22F2N2O2/c1-17(2,3)24-16(23)22-9-7-18(12-21,8-10-22)11-13-5-4-6-14(19)15(13)20/h4-6H,7-11H2,1-3H3. The number of rotatable bonds is 2. The molecular weight excluding hydrogens is 314 g/mol. The normalized spacial score (nSPS) is 17.2. The molecule has 1 saturated heterocycles. The predicted octanol–water partition coefficient (Wildman–Crippen LogP) is 4.05. The van der Waals surface area contributed by atoms with Crippen molar-refractivity contribution in [3.8, 4) is 6.07 Å². The molecule has 0 aliphatic carbocycles. The smallest absolute Gasteiger partial charge is 0.410 e. The van der Waals surface area contributed by atoms with Gasteiger partial charge in [-0.15, -0.1) is 0 Å². The number of benzene rings is 1. The highest BCUT2D eigenvalue weighted by molar-refractivity contribution is 5.68. The summed E-state index contributed by atoms with van der Waals surface area (Å²) in [6, 6.07) is 6.25. The number of piperidine rings is 1. The van der Waals surface area contributed by atoms with Crippen molar-refractivity contribution in [3.05, 3.63) is 35.4 Å². The average molecular weight is 336 g/mol. The van der Waals surface area contributed by atoms with Gasteiger partial charge in [0.05, 0.1) is 11.5 Å². The van der Waals surface area contributed by atoms with Crippen molar-refractivity contribution in [2.45, 2.75) is 45.6 Å². The van der Waals surface area contributed by atoms with Crippen LogP contribution in [0.4, 0.5) is 13.6 Å². The van der Waals surface area contributed by atoms with Crippen LogP contribution in [0.2, 0.25) is 0 Å². The maximum absolute atomic E-state index is 13.9. The van der Waals surface area contributed by atoms with Gasteiger partial charge in [-0.3, -0.25) is 0 Å². The monoisotopic (exact) mass is 336 g/mol. The van der Waals surface area contributed by atoms with Gasteiger partial charge in [-0.1, -0.05) is 12.1 Å². The Kier molecular flexibility index (Phi) is 5.12. The highest BCUT2D eigenvalue weighted by atomic mass is 19.2. The van der Waals surface area contributed by atoms with Crippen LogP contribution in [0.15, 0.2) is 18.2 Å². The molecule has 1 aromatic carbocycles. The first-order chi connectivity index (χ1) is 11.2. The van der Waals surface area contributed by atoms with Gasteiger partial charge in [0.25, 0.3) is 0 Å². The Morgan fingerprint density at radius 3 is 2.50 bits per heavy atom. The third-order valence-corrected chi connectivity index (χ3v) is 4.17. The number of nitrogens with zero attached hydrogens (tertiary/aromatic N) is 2. The van der Waals surface area contributed by atoms with Gasteiger partial charge >= 0.3 is 6.09 Å². The second kappa shape index (κ2) is 6.76. The molecule has 24 heavy (non-hydrogen) atoms. The summed E-state index contributed by atoms with van der Waals surface area (Å²) < 4.78 is 32.6. The highest BCUT2D eigenvalue weighted by Crippen LogP contribution is 2.35. The fraction of sp³-hybridized carbons (Fsp3) is 0.556. The van der Waals surface area contributed by atoms with Gasteiger partial charge in [0.15, 0.2) is 11.6 Å². The topological polar surface area (TPSA) is 53.3 Å². The second-order valence-corrected chi connectivity index (χ2v) is 7.25. The van der Waals surface area contributed by atoms with Gasteiger partial charge < -0.3 is 9.64 Å². The van der Waals surface area contributed by atoms with Gasteiger partial charge in [0.2, 0.25) is 0 Å². The molecule has 1 aromatic rings. The molecule has 1 aliphatic heterocycles. The lowest BCUT2D eigenvalue weighted by molar-refractivity contribution is 0.0148. The molecule has 1 aliphatic rings. The average Bonchev–Trinajstić information content (AvgIpc) is 2.51. The SMILES string of the molecule is CC(C)(C)OC(=O)N1CCC(C#N)(Cc2cccc(F)c2F)CC1. The van der Waals surface area contributed by atoms with Crippen LogP contribution in [0, 0.1) is 28.4 Å². The van der Waals surface area contributed by atoms with Crippen molar-refractivity contribution in [1.29, 1.82) is 5.26 Å².